The lowest BCUT2D eigenvalue weighted by molar-refractivity contribution is -0.127. The second kappa shape index (κ2) is 6.21. The topological polar surface area (TPSA) is 101 Å². The van der Waals surface area contributed by atoms with Crippen molar-refractivity contribution in [3.05, 3.63) is 15.6 Å². The first-order chi connectivity index (χ1) is 9.26. The Morgan fingerprint density at radius 3 is 2.60 bits per heavy atom. The summed E-state index contributed by atoms with van der Waals surface area (Å²) in [5.74, 6) is -0.338. The second-order valence-electron chi connectivity index (χ2n) is 5.05. The van der Waals surface area contributed by atoms with Gasteiger partial charge in [-0.05, 0) is 34.1 Å². The van der Waals surface area contributed by atoms with E-state index in [1.54, 1.807) is 18.3 Å². The van der Waals surface area contributed by atoms with Crippen LogP contribution in [0.3, 0.4) is 0 Å². The van der Waals surface area contributed by atoms with E-state index in [1.807, 2.05) is 27.7 Å². The molecule has 0 aliphatic carbocycles. The number of rotatable bonds is 5. The standard InChI is InChI=1S/C13H22N4O2S/c1-6-13(5,11(14)17-19)12(18)16-8(3)10-7(2)15-9(4)20-10/h8,19H,6H2,1-5H3,(H2,14,17)(H,16,18). The number of carbonyl (C=O) groups is 1. The van der Waals surface area contributed by atoms with Crippen LogP contribution in [0.25, 0.3) is 0 Å². The molecule has 0 fully saturated rings. The number of aryl methyl sites for hydroxylation is 2. The molecule has 1 amide bonds. The summed E-state index contributed by atoms with van der Waals surface area (Å²) in [6, 6.07) is -0.161. The van der Waals surface area contributed by atoms with Crippen molar-refractivity contribution in [3.63, 3.8) is 0 Å². The van der Waals surface area contributed by atoms with Gasteiger partial charge in [-0.2, -0.15) is 0 Å². The van der Waals surface area contributed by atoms with E-state index in [0.29, 0.717) is 6.42 Å². The van der Waals surface area contributed by atoms with Gasteiger partial charge >= 0.3 is 0 Å². The van der Waals surface area contributed by atoms with Crippen molar-refractivity contribution in [1.82, 2.24) is 10.3 Å². The fourth-order valence-electron chi connectivity index (χ4n) is 1.94. The maximum Gasteiger partial charge on any atom is 0.234 e. The molecule has 0 spiro atoms. The summed E-state index contributed by atoms with van der Waals surface area (Å²) in [5, 5.41) is 15.7. The second-order valence-corrected chi connectivity index (χ2v) is 6.28. The van der Waals surface area contributed by atoms with E-state index in [2.05, 4.69) is 15.5 Å². The lowest BCUT2D eigenvalue weighted by Crippen LogP contribution is -2.48. The molecule has 0 saturated carbocycles. The highest BCUT2D eigenvalue weighted by Crippen LogP contribution is 2.27. The van der Waals surface area contributed by atoms with Crippen LogP contribution in [0.1, 0.15) is 48.8 Å². The van der Waals surface area contributed by atoms with E-state index < -0.39 is 5.41 Å². The van der Waals surface area contributed by atoms with E-state index in [-0.39, 0.29) is 17.8 Å². The summed E-state index contributed by atoms with van der Waals surface area (Å²) in [6.45, 7) is 9.24. The van der Waals surface area contributed by atoms with E-state index in [9.17, 15) is 4.79 Å². The molecule has 2 unspecified atom stereocenters. The van der Waals surface area contributed by atoms with Gasteiger partial charge in [0.05, 0.1) is 16.7 Å². The zero-order valence-electron chi connectivity index (χ0n) is 12.5. The molecule has 0 radical (unpaired) electrons. The minimum Gasteiger partial charge on any atom is -0.409 e. The van der Waals surface area contributed by atoms with Crippen LogP contribution in [0.4, 0.5) is 0 Å². The highest BCUT2D eigenvalue weighted by atomic mass is 32.1. The maximum absolute atomic E-state index is 12.4. The molecule has 0 aromatic carbocycles. The number of nitrogens with zero attached hydrogens (tertiary/aromatic N) is 2. The molecule has 6 nitrogen and oxygen atoms in total. The van der Waals surface area contributed by atoms with E-state index in [0.717, 1.165) is 15.6 Å². The number of nitrogens with two attached hydrogens (primary N) is 1. The van der Waals surface area contributed by atoms with Crippen LogP contribution >= 0.6 is 11.3 Å². The zero-order valence-corrected chi connectivity index (χ0v) is 13.3. The van der Waals surface area contributed by atoms with Crippen LogP contribution in [-0.4, -0.2) is 21.9 Å². The van der Waals surface area contributed by atoms with E-state index in [1.165, 1.54) is 0 Å². The normalized spacial score (nSPS) is 16.6. The zero-order chi connectivity index (χ0) is 15.5. The molecule has 20 heavy (non-hydrogen) atoms. The number of aromatic nitrogens is 1. The Kier molecular flexibility index (Phi) is 5.10. The summed E-state index contributed by atoms with van der Waals surface area (Å²) >= 11 is 1.56. The van der Waals surface area contributed by atoms with Crippen LogP contribution in [0.5, 0.6) is 0 Å². The van der Waals surface area contributed by atoms with Gasteiger partial charge in [-0.1, -0.05) is 12.1 Å². The minimum atomic E-state index is -1.02. The van der Waals surface area contributed by atoms with Crippen LogP contribution in [0.15, 0.2) is 5.16 Å². The Morgan fingerprint density at radius 1 is 1.60 bits per heavy atom. The first-order valence-corrected chi connectivity index (χ1v) is 7.30. The molecular formula is C13H22N4O2S. The van der Waals surface area contributed by atoms with Crippen LogP contribution in [0.2, 0.25) is 0 Å². The molecule has 0 bridgehead atoms. The average molecular weight is 298 g/mol. The van der Waals surface area contributed by atoms with Gasteiger partial charge < -0.3 is 16.3 Å². The Labute approximate surface area is 123 Å². The molecule has 0 aliphatic rings. The highest BCUT2D eigenvalue weighted by Gasteiger charge is 2.37. The Hall–Kier alpha value is -1.63. The van der Waals surface area contributed by atoms with Gasteiger partial charge in [0.15, 0.2) is 5.84 Å². The van der Waals surface area contributed by atoms with Crippen molar-refractivity contribution in [2.45, 2.75) is 47.1 Å². The number of thiazole rings is 1. The van der Waals surface area contributed by atoms with Crippen molar-refractivity contribution >= 4 is 23.1 Å². The summed E-state index contributed by atoms with van der Waals surface area (Å²) in [6.07, 6.45) is 0.447. The van der Waals surface area contributed by atoms with Crippen molar-refractivity contribution in [2.75, 3.05) is 0 Å². The molecule has 2 atom stereocenters. The number of amides is 1. The SMILES string of the molecule is CCC(C)(C(=O)NC(C)c1sc(C)nc1C)C(N)=NO. The molecule has 112 valence electrons. The fourth-order valence-corrected chi connectivity index (χ4v) is 2.87. The number of carbonyl (C=O) groups excluding carboxylic acids is 1. The number of hydrogen-bond donors (Lipinski definition) is 3. The number of hydrogen-bond acceptors (Lipinski definition) is 5. The lowest BCUT2D eigenvalue weighted by atomic mass is 9.85. The largest absolute Gasteiger partial charge is 0.409 e. The minimum absolute atomic E-state index is 0.0816. The third-order valence-electron chi connectivity index (χ3n) is 3.56. The van der Waals surface area contributed by atoms with Crippen molar-refractivity contribution in [3.8, 4) is 0 Å². The Balaban J connectivity index is 2.92. The molecule has 0 aliphatic heterocycles. The van der Waals surface area contributed by atoms with Gasteiger partial charge in [-0.15, -0.1) is 11.3 Å². The number of nitrogens with one attached hydrogen (secondary N) is 1. The molecule has 7 heteroatoms. The molecule has 1 aromatic heterocycles. The molecule has 1 aromatic rings. The van der Waals surface area contributed by atoms with Gasteiger partial charge in [0.1, 0.15) is 5.41 Å². The van der Waals surface area contributed by atoms with Crippen LogP contribution in [-0.2, 0) is 4.79 Å². The Morgan fingerprint density at radius 2 is 2.20 bits per heavy atom. The third-order valence-corrected chi connectivity index (χ3v) is 4.82. The van der Waals surface area contributed by atoms with Gasteiger partial charge in [0.2, 0.25) is 5.91 Å². The molecule has 0 saturated heterocycles. The smallest absolute Gasteiger partial charge is 0.234 e. The monoisotopic (exact) mass is 298 g/mol. The predicted octanol–water partition coefficient (Wildman–Crippen LogP) is 2.10. The van der Waals surface area contributed by atoms with E-state index in [4.69, 9.17) is 10.9 Å². The van der Waals surface area contributed by atoms with Crippen molar-refractivity contribution in [1.29, 1.82) is 0 Å². The van der Waals surface area contributed by atoms with E-state index >= 15 is 0 Å². The maximum atomic E-state index is 12.4. The fraction of sp³-hybridized carbons (Fsp3) is 0.615. The molecule has 1 heterocycles. The van der Waals surface area contributed by atoms with Gasteiger partial charge in [0.25, 0.3) is 0 Å². The van der Waals surface area contributed by atoms with Crippen molar-refractivity contribution in [2.24, 2.45) is 16.3 Å². The highest BCUT2D eigenvalue weighted by molar-refractivity contribution is 7.11. The van der Waals surface area contributed by atoms with Crippen LogP contribution < -0.4 is 11.1 Å². The molecule has 1 rings (SSSR count). The quantitative estimate of drug-likeness (QED) is 0.335. The summed E-state index contributed by atoms with van der Waals surface area (Å²) in [4.78, 5) is 17.8. The lowest BCUT2D eigenvalue weighted by Gasteiger charge is -2.27. The average Bonchev–Trinajstić information content (AvgIpc) is 2.75. The van der Waals surface area contributed by atoms with Crippen LogP contribution in [0, 0.1) is 19.3 Å². The number of amidine groups is 1. The molecular weight excluding hydrogens is 276 g/mol. The van der Waals surface area contributed by atoms with Gasteiger partial charge in [-0.25, -0.2) is 4.98 Å². The summed E-state index contributed by atoms with van der Waals surface area (Å²) in [5.41, 5.74) is 5.54. The summed E-state index contributed by atoms with van der Waals surface area (Å²) in [7, 11) is 0. The molecule has 4 N–H and O–H groups in total. The number of oxime groups is 1. The third kappa shape index (κ3) is 3.09. The van der Waals surface area contributed by atoms with Crippen molar-refractivity contribution < 1.29 is 10.0 Å². The Bertz CT molecular complexity index is 526. The van der Waals surface area contributed by atoms with Gasteiger partial charge in [-0.3, -0.25) is 4.79 Å². The first kappa shape index (κ1) is 16.4. The first-order valence-electron chi connectivity index (χ1n) is 6.49. The predicted molar refractivity (Wildman–Crippen MR) is 80.0 cm³/mol. The van der Waals surface area contributed by atoms with Gasteiger partial charge in [0, 0.05) is 4.88 Å². The summed E-state index contributed by atoms with van der Waals surface area (Å²) < 4.78 is 0.